The zero-order valence-electron chi connectivity index (χ0n) is 11.1. The van der Waals surface area contributed by atoms with Gasteiger partial charge in [-0.05, 0) is 13.8 Å². The SMILES string of the molecule is CC1(C)O[C@@H]2[C@@H](CO)SC(n3ccc(=O)[nH]c3=O)[C@@H]2O1. The molecular formula is C12H16N2O5S. The van der Waals surface area contributed by atoms with E-state index in [-0.39, 0.29) is 29.4 Å². The number of aliphatic hydroxyl groups is 1. The molecule has 1 unspecified atom stereocenters. The van der Waals surface area contributed by atoms with Gasteiger partial charge >= 0.3 is 5.69 Å². The van der Waals surface area contributed by atoms with E-state index in [9.17, 15) is 14.7 Å². The second-order valence-corrected chi connectivity index (χ2v) is 6.69. The lowest BCUT2D eigenvalue weighted by molar-refractivity contribution is -0.149. The highest BCUT2D eigenvalue weighted by Gasteiger charge is 2.55. The predicted molar refractivity (Wildman–Crippen MR) is 72.6 cm³/mol. The molecule has 3 rings (SSSR count). The van der Waals surface area contributed by atoms with Crippen LogP contribution in [0.3, 0.4) is 0 Å². The number of fused-ring (bicyclic) bond motifs is 1. The summed E-state index contributed by atoms with van der Waals surface area (Å²) < 4.78 is 13.1. The first-order valence-electron chi connectivity index (χ1n) is 6.35. The van der Waals surface area contributed by atoms with Crippen LogP contribution in [-0.4, -0.2) is 44.5 Å². The van der Waals surface area contributed by atoms with Crippen LogP contribution in [0.4, 0.5) is 0 Å². The van der Waals surface area contributed by atoms with Crippen LogP contribution in [0.15, 0.2) is 21.9 Å². The van der Waals surface area contributed by atoms with E-state index >= 15 is 0 Å². The van der Waals surface area contributed by atoms with E-state index in [1.165, 1.54) is 28.6 Å². The summed E-state index contributed by atoms with van der Waals surface area (Å²) in [5.74, 6) is -0.742. The minimum atomic E-state index is -0.742. The van der Waals surface area contributed by atoms with Crippen molar-refractivity contribution in [3.8, 4) is 0 Å². The summed E-state index contributed by atoms with van der Waals surface area (Å²) in [4.78, 5) is 25.3. The Balaban J connectivity index is 1.98. The van der Waals surface area contributed by atoms with Crippen molar-refractivity contribution in [1.82, 2.24) is 9.55 Å². The molecule has 0 amide bonds. The normalized spacial score (nSPS) is 35.1. The number of nitrogens with zero attached hydrogens (tertiary/aromatic N) is 1. The lowest BCUT2D eigenvalue weighted by Crippen LogP contribution is -2.36. The third kappa shape index (κ3) is 2.22. The number of thioether (sulfide) groups is 1. The molecule has 3 heterocycles. The lowest BCUT2D eigenvalue weighted by Gasteiger charge is -2.23. The van der Waals surface area contributed by atoms with Gasteiger partial charge in [0.05, 0.1) is 11.9 Å². The topological polar surface area (TPSA) is 93.5 Å². The average Bonchev–Trinajstić information content (AvgIpc) is 2.83. The van der Waals surface area contributed by atoms with Crippen molar-refractivity contribution in [2.45, 2.75) is 42.5 Å². The molecule has 0 aromatic carbocycles. The second kappa shape index (κ2) is 4.73. The number of H-pyrrole nitrogens is 1. The third-order valence-corrected chi connectivity index (χ3v) is 4.97. The van der Waals surface area contributed by atoms with Gasteiger partial charge in [0.2, 0.25) is 0 Å². The molecule has 2 aliphatic rings. The van der Waals surface area contributed by atoms with Gasteiger partial charge in [0.25, 0.3) is 5.56 Å². The minimum absolute atomic E-state index is 0.0557. The molecular weight excluding hydrogens is 284 g/mol. The maximum atomic E-state index is 11.9. The van der Waals surface area contributed by atoms with Gasteiger partial charge in [-0.1, -0.05) is 0 Å². The fraction of sp³-hybridized carbons (Fsp3) is 0.667. The largest absolute Gasteiger partial charge is 0.395 e. The smallest absolute Gasteiger partial charge is 0.329 e. The number of aromatic amines is 1. The molecule has 20 heavy (non-hydrogen) atoms. The summed E-state index contributed by atoms with van der Waals surface area (Å²) in [6.45, 7) is 3.55. The Labute approximate surface area is 118 Å². The summed E-state index contributed by atoms with van der Waals surface area (Å²) >= 11 is 1.42. The number of hydrogen-bond acceptors (Lipinski definition) is 6. The molecule has 1 aromatic heterocycles. The van der Waals surface area contributed by atoms with Crippen LogP contribution < -0.4 is 11.2 Å². The average molecular weight is 300 g/mol. The first-order valence-corrected chi connectivity index (χ1v) is 7.29. The molecule has 2 saturated heterocycles. The van der Waals surface area contributed by atoms with Crippen molar-refractivity contribution >= 4 is 11.8 Å². The fourth-order valence-corrected chi connectivity index (χ4v) is 4.13. The van der Waals surface area contributed by atoms with Crippen molar-refractivity contribution < 1.29 is 14.6 Å². The van der Waals surface area contributed by atoms with Crippen LogP contribution in [0.5, 0.6) is 0 Å². The first-order chi connectivity index (χ1) is 9.41. The Morgan fingerprint density at radius 3 is 2.75 bits per heavy atom. The Kier molecular flexibility index (Phi) is 3.28. The molecule has 4 atom stereocenters. The number of hydrogen-bond donors (Lipinski definition) is 2. The quantitative estimate of drug-likeness (QED) is 0.776. The number of rotatable bonds is 2. The highest BCUT2D eigenvalue weighted by atomic mass is 32.2. The van der Waals surface area contributed by atoms with Crippen LogP contribution in [0.2, 0.25) is 0 Å². The van der Waals surface area contributed by atoms with E-state index in [1.807, 2.05) is 0 Å². The molecule has 0 spiro atoms. The summed E-state index contributed by atoms with van der Waals surface area (Å²) in [7, 11) is 0. The van der Waals surface area contributed by atoms with Gasteiger partial charge in [-0.25, -0.2) is 4.79 Å². The van der Waals surface area contributed by atoms with E-state index in [1.54, 1.807) is 13.8 Å². The molecule has 7 nitrogen and oxygen atoms in total. The molecule has 8 heteroatoms. The summed E-state index contributed by atoms with van der Waals surface area (Å²) in [6.07, 6.45) is 0.837. The fourth-order valence-electron chi connectivity index (χ4n) is 2.66. The Hall–Kier alpha value is -1.09. The Morgan fingerprint density at radius 2 is 2.10 bits per heavy atom. The number of aromatic nitrogens is 2. The monoisotopic (exact) mass is 300 g/mol. The second-order valence-electron chi connectivity index (χ2n) is 5.33. The van der Waals surface area contributed by atoms with E-state index in [0.29, 0.717) is 0 Å². The summed E-state index contributed by atoms with van der Waals surface area (Å²) in [5, 5.41) is 8.97. The highest BCUT2D eigenvalue weighted by Crippen LogP contribution is 2.50. The van der Waals surface area contributed by atoms with Gasteiger partial charge < -0.3 is 14.6 Å². The first kappa shape index (κ1) is 13.9. The zero-order valence-corrected chi connectivity index (χ0v) is 11.9. The lowest BCUT2D eigenvalue weighted by atomic mass is 10.1. The molecule has 0 radical (unpaired) electrons. The van der Waals surface area contributed by atoms with E-state index in [2.05, 4.69) is 4.98 Å². The van der Waals surface area contributed by atoms with Crippen LogP contribution in [0.25, 0.3) is 0 Å². The zero-order chi connectivity index (χ0) is 14.5. The molecule has 0 bridgehead atoms. The van der Waals surface area contributed by atoms with Crippen molar-refractivity contribution in [3.63, 3.8) is 0 Å². The maximum absolute atomic E-state index is 11.9. The summed E-state index contributed by atoms with van der Waals surface area (Å²) in [5.41, 5.74) is -0.922. The van der Waals surface area contributed by atoms with Gasteiger partial charge in [0.1, 0.15) is 17.6 Å². The third-order valence-electron chi connectivity index (χ3n) is 3.43. The van der Waals surface area contributed by atoms with Gasteiger partial charge in [-0.3, -0.25) is 14.3 Å². The molecule has 2 fully saturated rings. The van der Waals surface area contributed by atoms with E-state index in [0.717, 1.165) is 0 Å². The molecule has 2 aliphatic heterocycles. The number of aliphatic hydroxyl groups excluding tert-OH is 1. The van der Waals surface area contributed by atoms with Crippen LogP contribution in [0, 0.1) is 0 Å². The Bertz CT molecular complexity index is 625. The van der Waals surface area contributed by atoms with Gasteiger partial charge in [-0.2, -0.15) is 0 Å². The van der Waals surface area contributed by atoms with Gasteiger partial charge in [0, 0.05) is 12.3 Å². The molecule has 2 N–H and O–H groups in total. The predicted octanol–water partition coefficient (Wildman–Crippen LogP) is -0.337. The van der Waals surface area contributed by atoms with Crippen molar-refractivity contribution in [3.05, 3.63) is 33.1 Å². The van der Waals surface area contributed by atoms with Crippen LogP contribution in [0.1, 0.15) is 19.2 Å². The molecule has 1 aromatic rings. The van der Waals surface area contributed by atoms with Crippen LogP contribution >= 0.6 is 11.8 Å². The Morgan fingerprint density at radius 1 is 1.40 bits per heavy atom. The van der Waals surface area contributed by atoms with E-state index < -0.39 is 17.0 Å². The number of ether oxygens (including phenoxy) is 2. The minimum Gasteiger partial charge on any atom is -0.395 e. The highest BCUT2D eigenvalue weighted by molar-refractivity contribution is 8.00. The molecule has 0 saturated carbocycles. The number of nitrogens with one attached hydrogen (secondary N) is 1. The molecule has 110 valence electrons. The summed E-state index contributed by atoms with van der Waals surface area (Å²) in [6, 6.07) is 1.30. The standard InChI is InChI=1S/C12H16N2O5S/c1-12(2)18-8-6(5-15)20-10(9(8)19-12)14-4-3-7(16)13-11(14)17/h3-4,6,8-10,15H,5H2,1-2H3,(H,13,16,17)/t6-,8-,9-,10?/m1/s1. The van der Waals surface area contributed by atoms with Crippen molar-refractivity contribution in [1.29, 1.82) is 0 Å². The van der Waals surface area contributed by atoms with Crippen molar-refractivity contribution in [2.24, 2.45) is 0 Å². The maximum Gasteiger partial charge on any atom is 0.329 e. The van der Waals surface area contributed by atoms with Crippen molar-refractivity contribution in [2.75, 3.05) is 6.61 Å². The molecule has 0 aliphatic carbocycles. The van der Waals surface area contributed by atoms with Gasteiger partial charge in [0.15, 0.2) is 5.79 Å². The van der Waals surface area contributed by atoms with Gasteiger partial charge in [-0.15, -0.1) is 11.8 Å². The van der Waals surface area contributed by atoms with Crippen LogP contribution in [-0.2, 0) is 9.47 Å². The van der Waals surface area contributed by atoms with E-state index in [4.69, 9.17) is 9.47 Å².